The second kappa shape index (κ2) is 6.68. The summed E-state index contributed by atoms with van der Waals surface area (Å²) >= 11 is 0. The lowest BCUT2D eigenvalue weighted by molar-refractivity contribution is -0.143. The van der Waals surface area contributed by atoms with Gasteiger partial charge in [-0.1, -0.05) is 30.3 Å². The first kappa shape index (κ1) is 14.0. The number of piperidine rings is 1. The molecule has 2 unspecified atom stereocenters. The molecule has 0 bridgehead atoms. The van der Waals surface area contributed by atoms with Gasteiger partial charge in [-0.2, -0.15) is 0 Å². The number of aliphatic hydroxyl groups excluding tert-OH is 1. The average molecular weight is 262 g/mol. The van der Waals surface area contributed by atoms with Crippen molar-refractivity contribution in [2.24, 2.45) is 0 Å². The molecule has 1 saturated heterocycles. The molecule has 2 rings (SSSR count). The minimum atomic E-state index is -1.05. The number of nitrogens with zero attached hydrogens (tertiary/aromatic N) is 1. The van der Waals surface area contributed by atoms with Crippen LogP contribution in [0.5, 0.6) is 0 Å². The monoisotopic (exact) mass is 262 g/mol. The highest BCUT2D eigenvalue weighted by Gasteiger charge is 2.29. The summed E-state index contributed by atoms with van der Waals surface area (Å²) in [5.41, 5.74) is 0.662. The van der Waals surface area contributed by atoms with Crippen LogP contribution < -0.4 is 5.32 Å². The largest absolute Gasteiger partial charge is 0.378 e. The van der Waals surface area contributed by atoms with E-state index in [9.17, 15) is 9.90 Å². The van der Waals surface area contributed by atoms with Crippen molar-refractivity contribution in [1.29, 1.82) is 0 Å². The van der Waals surface area contributed by atoms with Crippen LogP contribution in [0.15, 0.2) is 30.3 Å². The van der Waals surface area contributed by atoms with Crippen LogP contribution >= 0.6 is 0 Å². The van der Waals surface area contributed by atoms with Crippen LogP contribution in [-0.2, 0) is 4.79 Å². The Morgan fingerprint density at radius 3 is 2.79 bits per heavy atom. The van der Waals surface area contributed by atoms with Crippen molar-refractivity contribution >= 4 is 5.91 Å². The van der Waals surface area contributed by atoms with Crippen molar-refractivity contribution < 1.29 is 9.90 Å². The lowest BCUT2D eigenvalue weighted by Gasteiger charge is -2.35. The predicted octanol–water partition coefficient (Wildman–Crippen LogP) is 1.32. The number of aliphatic hydroxyl groups is 1. The summed E-state index contributed by atoms with van der Waals surface area (Å²) in [5.74, 6) is -0.192. The van der Waals surface area contributed by atoms with Crippen LogP contribution in [-0.4, -0.2) is 41.6 Å². The molecule has 0 spiro atoms. The van der Waals surface area contributed by atoms with Gasteiger partial charge in [0.15, 0.2) is 6.10 Å². The van der Waals surface area contributed by atoms with Gasteiger partial charge in [0.05, 0.1) is 0 Å². The second-order valence-corrected chi connectivity index (χ2v) is 4.94. The average Bonchev–Trinajstić information content (AvgIpc) is 2.49. The van der Waals surface area contributed by atoms with Crippen molar-refractivity contribution in [1.82, 2.24) is 10.2 Å². The summed E-state index contributed by atoms with van der Waals surface area (Å²) in [7, 11) is 0. The van der Waals surface area contributed by atoms with Crippen molar-refractivity contribution in [2.45, 2.75) is 31.9 Å². The zero-order valence-electron chi connectivity index (χ0n) is 11.4. The Labute approximate surface area is 114 Å². The van der Waals surface area contributed by atoms with Crippen LogP contribution in [0, 0.1) is 0 Å². The Balaban J connectivity index is 2.07. The molecule has 1 heterocycles. The molecule has 1 aliphatic rings. The van der Waals surface area contributed by atoms with Gasteiger partial charge in [-0.25, -0.2) is 0 Å². The van der Waals surface area contributed by atoms with Gasteiger partial charge in [-0.3, -0.25) is 4.79 Å². The third-order valence-electron chi connectivity index (χ3n) is 3.68. The molecule has 1 fully saturated rings. The van der Waals surface area contributed by atoms with Crippen LogP contribution in [0.1, 0.15) is 31.4 Å². The van der Waals surface area contributed by atoms with E-state index in [1.165, 1.54) is 0 Å². The van der Waals surface area contributed by atoms with Gasteiger partial charge in [0.25, 0.3) is 5.91 Å². The predicted molar refractivity (Wildman–Crippen MR) is 74.7 cm³/mol. The highest BCUT2D eigenvalue weighted by Crippen LogP contribution is 2.19. The highest BCUT2D eigenvalue weighted by molar-refractivity contribution is 5.82. The van der Waals surface area contributed by atoms with Gasteiger partial charge in [0, 0.05) is 19.1 Å². The van der Waals surface area contributed by atoms with Crippen LogP contribution in [0.25, 0.3) is 0 Å². The topological polar surface area (TPSA) is 52.6 Å². The van der Waals surface area contributed by atoms with Crippen molar-refractivity contribution in [3.63, 3.8) is 0 Å². The molecule has 104 valence electrons. The summed E-state index contributed by atoms with van der Waals surface area (Å²) in [6, 6.07) is 9.33. The number of carbonyl (C=O) groups excluding carboxylic acids is 1. The van der Waals surface area contributed by atoms with Crippen molar-refractivity contribution in [3.8, 4) is 0 Å². The fourth-order valence-electron chi connectivity index (χ4n) is 2.63. The number of likely N-dealkylation sites (N-methyl/N-ethyl adjacent to an activating group) is 1. The molecule has 2 N–H and O–H groups in total. The smallest absolute Gasteiger partial charge is 0.256 e. The van der Waals surface area contributed by atoms with Gasteiger partial charge >= 0.3 is 0 Å². The molecule has 0 radical (unpaired) electrons. The van der Waals surface area contributed by atoms with Gasteiger partial charge in [0.2, 0.25) is 0 Å². The molecule has 0 aliphatic carbocycles. The van der Waals surface area contributed by atoms with Crippen LogP contribution in [0.2, 0.25) is 0 Å². The first-order valence-electron chi connectivity index (χ1n) is 6.98. The van der Waals surface area contributed by atoms with E-state index in [0.29, 0.717) is 12.1 Å². The Kier molecular flexibility index (Phi) is 4.93. The molecular formula is C15H22N2O2. The van der Waals surface area contributed by atoms with Gasteiger partial charge < -0.3 is 15.3 Å². The highest BCUT2D eigenvalue weighted by atomic mass is 16.3. The molecule has 0 aromatic heterocycles. The summed E-state index contributed by atoms with van der Waals surface area (Å²) in [4.78, 5) is 14.2. The van der Waals surface area contributed by atoms with E-state index < -0.39 is 6.10 Å². The Morgan fingerprint density at radius 2 is 2.21 bits per heavy atom. The van der Waals surface area contributed by atoms with Crippen LogP contribution in [0.3, 0.4) is 0 Å². The summed E-state index contributed by atoms with van der Waals surface area (Å²) in [6.45, 7) is 4.43. The maximum atomic E-state index is 12.4. The van der Waals surface area contributed by atoms with Gasteiger partial charge in [-0.15, -0.1) is 0 Å². The number of rotatable bonds is 4. The fourth-order valence-corrected chi connectivity index (χ4v) is 2.63. The van der Waals surface area contributed by atoms with E-state index in [4.69, 9.17) is 0 Å². The second-order valence-electron chi connectivity index (χ2n) is 4.94. The van der Waals surface area contributed by atoms with E-state index in [1.807, 2.05) is 25.1 Å². The Morgan fingerprint density at radius 1 is 1.47 bits per heavy atom. The number of hydrogen-bond acceptors (Lipinski definition) is 3. The molecule has 4 heteroatoms. The molecule has 1 amide bonds. The minimum absolute atomic E-state index is 0.192. The van der Waals surface area contributed by atoms with Crippen molar-refractivity contribution in [2.75, 3.05) is 19.6 Å². The van der Waals surface area contributed by atoms with Crippen LogP contribution in [0.4, 0.5) is 0 Å². The maximum Gasteiger partial charge on any atom is 0.256 e. The Hall–Kier alpha value is -1.39. The summed E-state index contributed by atoms with van der Waals surface area (Å²) in [6.07, 6.45) is 1.03. The number of carbonyl (C=O) groups is 1. The summed E-state index contributed by atoms with van der Waals surface area (Å²) in [5, 5.41) is 13.5. The number of amides is 1. The van der Waals surface area contributed by atoms with E-state index in [-0.39, 0.29) is 11.9 Å². The van der Waals surface area contributed by atoms with E-state index in [0.717, 1.165) is 25.9 Å². The minimum Gasteiger partial charge on any atom is -0.378 e. The van der Waals surface area contributed by atoms with E-state index in [2.05, 4.69) is 5.32 Å². The zero-order chi connectivity index (χ0) is 13.7. The third-order valence-corrected chi connectivity index (χ3v) is 3.68. The number of hydrogen-bond donors (Lipinski definition) is 2. The standard InChI is InChI=1S/C15H22N2O2/c1-2-17(13-9-6-10-16-11-13)15(19)14(18)12-7-4-3-5-8-12/h3-5,7-8,13-14,16,18H,2,6,9-11H2,1H3. The molecule has 0 saturated carbocycles. The summed E-state index contributed by atoms with van der Waals surface area (Å²) < 4.78 is 0. The molecule has 1 aliphatic heterocycles. The lowest BCUT2D eigenvalue weighted by Crippen LogP contribution is -2.50. The lowest BCUT2D eigenvalue weighted by atomic mass is 10.0. The fraction of sp³-hybridized carbons (Fsp3) is 0.533. The van der Waals surface area contributed by atoms with E-state index in [1.54, 1.807) is 17.0 Å². The zero-order valence-corrected chi connectivity index (χ0v) is 11.4. The maximum absolute atomic E-state index is 12.4. The first-order chi connectivity index (χ1) is 9.24. The molecule has 1 aromatic carbocycles. The third kappa shape index (κ3) is 3.33. The number of benzene rings is 1. The van der Waals surface area contributed by atoms with Gasteiger partial charge in [0.1, 0.15) is 0 Å². The molecule has 4 nitrogen and oxygen atoms in total. The molecule has 19 heavy (non-hydrogen) atoms. The normalized spacial score (nSPS) is 20.8. The SMILES string of the molecule is CCN(C(=O)C(O)c1ccccc1)C1CCCNC1. The van der Waals surface area contributed by atoms with Crippen molar-refractivity contribution in [3.05, 3.63) is 35.9 Å². The van der Waals surface area contributed by atoms with E-state index >= 15 is 0 Å². The van der Waals surface area contributed by atoms with Gasteiger partial charge in [-0.05, 0) is 31.9 Å². The first-order valence-corrected chi connectivity index (χ1v) is 6.98. The quantitative estimate of drug-likeness (QED) is 0.860. The Bertz CT molecular complexity index is 402. The molecule has 1 aromatic rings. The molecule has 2 atom stereocenters. The molecular weight excluding hydrogens is 240 g/mol. The number of nitrogens with one attached hydrogen (secondary N) is 1.